The van der Waals surface area contributed by atoms with Gasteiger partial charge in [-0.1, -0.05) is 31.2 Å². The zero-order chi connectivity index (χ0) is 11.7. The Hall–Kier alpha value is -1.13. The van der Waals surface area contributed by atoms with Gasteiger partial charge in [-0.05, 0) is 12.0 Å². The first-order chi connectivity index (χ1) is 6.79. The van der Waals surface area contributed by atoms with Gasteiger partial charge in [0.25, 0.3) is 0 Å². The minimum Gasteiger partial charge on any atom is -0.191 e. The van der Waals surface area contributed by atoms with Crippen LogP contribution in [0.5, 0.6) is 0 Å². The topological polar surface area (TPSA) is 0 Å². The number of alkyl halides is 5. The summed E-state index contributed by atoms with van der Waals surface area (Å²) in [6.07, 6.45) is -4.95. The molecule has 5 heteroatoms. The molecule has 1 rings (SSSR count). The highest BCUT2D eigenvalue weighted by Crippen LogP contribution is 2.43. The largest absolute Gasteiger partial charge is 0.458 e. The Labute approximate surface area is 83.7 Å². The number of aryl methyl sites for hydroxylation is 1. The third kappa shape index (κ3) is 2.27. The fraction of sp³-hybridized carbons (Fsp3) is 0.400. The third-order valence-corrected chi connectivity index (χ3v) is 2.08. The predicted molar refractivity (Wildman–Crippen MR) is 45.8 cm³/mol. The van der Waals surface area contributed by atoms with Crippen molar-refractivity contribution in [1.82, 2.24) is 0 Å². The molecule has 0 fully saturated rings. The van der Waals surface area contributed by atoms with Crippen molar-refractivity contribution in [1.29, 1.82) is 0 Å². The van der Waals surface area contributed by atoms with Crippen molar-refractivity contribution in [3.05, 3.63) is 35.4 Å². The van der Waals surface area contributed by atoms with Crippen molar-refractivity contribution in [2.75, 3.05) is 0 Å². The molecule has 0 saturated heterocycles. The van der Waals surface area contributed by atoms with Crippen molar-refractivity contribution < 1.29 is 22.0 Å². The lowest BCUT2D eigenvalue weighted by atomic mass is 10.0. The van der Waals surface area contributed by atoms with E-state index < -0.39 is 17.7 Å². The molecule has 0 heterocycles. The molecule has 0 aromatic heterocycles. The molecule has 0 aliphatic carbocycles. The summed E-state index contributed by atoms with van der Waals surface area (Å²) in [7, 11) is 0. The van der Waals surface area contributed by atoms with Crippen LogP contribution in [0.15, 0.2) is 24.3 Å². The lowest BCUT2D eigenvalue weighted by Gasteiger charge is -2.19. The van der Waals surface area contributed by atoms with Crippen molar-refractivity contribution >= 4 is 0 Å². The summed E-state index contributed by atoms with van der Waals surface area (Å²) in [5.41, 5.74) is -0.302. The van der Waals surface area contributed by atoms with Crippen LogP contribution < -0.4 is 0 Å². The van der Waals surface area contributed by atoms with Crippen molar-refractivity contribution in [3.8, 4) is 0 Å². The van der Waals surface area contributed by atoms with Crippen LogP contribution in [0.25, 0.3) is 0 Å². The Bertz CT molecular complexity index is 323. The first-order valence-corrected chi connectivity index (χ1v) is 4.33. The molecular weight excluding hydrogens is 215 g/mol. The molecule has 0 amide bonds. The van der Waals surface area contributed by atoms with Crippen molar-refractivity contribution in [3.63, 3.8) is 0 Å². The summed E-state index contributed by atoms with van der Waals surface area (Å²) in [5, 5.41) is 0. The van der Waals surface area contributed by atoms with Gasteiger partial charge in [-0.2, -0.15) is 22.0 Å². The average molecular weight is 224 g/mol. The van der Waals surface area contributed by atoms with Gasteiger partial charge < -0.3 is 0 Å². The van der Waals surface area contributed by atoms with Crippen LogP contribution >= 0.6 is 0 Å². The van der Waals surface area contributed by atoms with E-state index in [-0.39, 0.29) is 0 Å². The van der Waals surface area contributed by atoms with Gasteiger partial charge in [-0.15, -0.1) is 0 Å². The summed E-state index contributed by atoms with van der Waals surface area (Å²) < 4.78 is 61.4. The molecule has 0 spiro atoms. The Morgan fingerprint density at radius 2 is 1.40 bits per heavy atom. The van der Waals surface area contributed by atoms with Gasteiger partial charge in [0.2, 0.25) is 0 Å². The minimum absolute atomic E-state index is 0.595. The smallest absolute Gasteiger partial charge is 0.191 e. The van der Waals surface area contributed by atoms with Crippen LogP contribution in [-0.4, -0.2) is 6.18 Å². The molecule has 84 valence electrons. The Morgan fingerprint density at radius 3 is 1.73 bits per heavy atom. The third-order valence-electron chi connectivity index (χ3n) is 2.08. The molecule has 0 N–H and O–H groups in total. The van der Waals surface area contributed by atoms with E-state index >= 15 is 0 Å². The Balaban J connectivity index is 3.06. The summed E-state index contributed by atoms with van der Waals surface area (Å²) >= 11 is 0. The van der Waals surface area contributed by atoms with Gasteiger partial charge in [0, 0.05) is 5.56 Å². The molecule has 0 radical (unpaired) electrons. The van der Waals surface area contributed by atoms with Crippen molar-refractivity contribution in [2.45, 2.75) is 25.4 Å². The molecule has 0 saturated carbocycles. The molecule has 0 aliphatic heterocycles. The van der Waals surface area contributed by atoms with Gasteiger partial charge in [0.15, 0.2) is 0 Å². The molecule has 0 bridgehead atoms. The highest BCUT2D eigenvalue weighted by atomic mass is 19.4. The van der Waals surface area contributed by atoms with E-state index in [2.05, 4.69) is 0 Å². The summed E-state index contributed by atoms with van der Waals surface area (Å²) in [4.78, 5) is 0. The van der Waals surface area contributed by atoms with Gasteiger partial charge in [-0.25, -0.2) is 0 Å². The molecule has 0 nitrogen and oxygen atoms in total. The highest BCUT2D eigenvalue weighted by Gasteiger charge is 2.58. The SMILES string of the molecule is CCc1ccc(C(F)(F)C(F)(F)F)cc1. The Morgan fingerprint density at radius 1 is 0.933 bits per heavy atom. The quantitative estimate of drug-likeness (QED) is 0.668. The van der Waals surface area contributed by atoms with E-state index in [0.29, 0.717) is 6.42 Å². The normalized spacial score (nSPS) is 12.9. The zero-order valence-corrected chi connectivity index (χ0v) is 7.91. The second kappa shape index (κ2) is 3.79. The number of benzene rings is 1. The average Bonchev–Trinajstić information content (AvgIpc) is 2.16. The molecule has 15 heavy (non-hydrogen) atoms. The summed E-state index contributed by atoms with van der Waals surface area (Å²) in [6, 6.07) is 4.17. The second-order valence-electron chi connectivity index (χ2n) is 3.12. The number of halogens is 5. The van der Waals surface area contributed by atoms with Crippen LogP contribution in [0.2, 0.25) is 0 Å². The maximum atomic E-state index is 12.8. The fourth-order valence-electron chi connectivity index (χ4n) is 1.11. The lowest BCUT2D eigenvalue weighted by Crippen LogP contribution is -2.33. The van der Waals surface area contributed by atoms with Crippen LogP contribution in [0.3, 0.4) is 0 Å². The molecule has 1 aromatic rings. The van der Waals surface area contributed by atoms with Gasteiger partial charge >= 0.3 is 12.1 Å². The number of rotatable bonds is 2. The second-order valence-corrected chi connectivity index (χ2v) is 3.12. The molecule has 0 unspecified atom stereocenters. The predicted octanol–water partition coefficient (Wildman–Crippen LogP) is 3.90. The van der Waals surface area contributed by atoms with Gasteiger partial charge in [0.1, 0.15) is 0 Å². The van der Waals surface area contributed by atoms with Gasteiger partial charge in [-0.3, -0.25) is 0 Å². The minimum atomic E-state index is -5.54. The van der Waals surface area contributed by atoms with E-state index in [1.54, 1.807) is 6.92 Å². The summed E-state index contributed by atoms with van der Waals surface area (Å²) in [5.74, 6) is -4.78. The van der Waals surface area contributed by atoms with Crippen molar-refractivity contribution in [2.24, 2.45) is 0 Å². The number of hydrogen-bond donors (Lipinski definition) is 0. The maximum Gasteiger partial charge on any atom is 0.458 e. The van der Waals surface area contributed by atoms with E-state index in [4.69, 9.17) is 0 Å². The van der Waals surface area contributed by atoms with Crippen LogP contribution in [0.1, 0.15) is 18.1 Å². The van der Waals surface area contributed by atoms with E-state index in [1.165, 1.54) is 12.1 Å². The summed E-state index contributed by atoms with van der Waals surface area (Å²) in [6.45, 7) is 1.79. The Kier molecular flexibility index (Phi) is 3.02. The van der Waals surface area contributed by atoms with Crippen LogP contribution in [0, 0.1) is 0 Å². The first kappa shape index (κ1) is 11.9. The maximum absolute atomic E-state index is 12.8. The highest BCUT2D eigenvalue weighted by molar-refractivity contribution is 5.26. The molecular formula is C10H9F5. The fourth-order valence-corrected chi connectivity index (χ4v) is 1.11. The van der Waals surface area contributed by atoms with E-state index in [0.717, 1.165) is 17.7 Å². The molecule has 0 aliphatic rings. The molecule has 0 atom stereocenters. The van der Waals surface area contributed by atoms with E-state index in [1.807, 2.05) is 0 Å². The standard InChI is InChI=1S/C10H9F5/c1-2-7-3-5-8(6-4-7)9(11,12)10(13,14)15/h3-6H,2H2,1H3. The van der Waals surface area contributed by atoms with Gasteiger partial charge in [0.05, 0.1) is 0 Å². The lowest BCUT2D eigenvalue weighted by molar-refractivity contribution is -0.289. The van der Waals surface area contributed by atoms with Crippen LogP contribution in [-0.2, 0) is 12.3 Å². The van der Waals surface area contributed by atoms with E-state index in [9.17, 15) is 22.0 Å². The van der Waals surface area contributed by atoms with Crippen LogP contribution in [0.4, 0.5) is 22.0 Å². The zero-order valence-electron chi connectivity index (χ0n) is 7.91. The number of hydrogen-bond acceptors (Lipinski definition) is 0. The monoisotopic (exact) mass is 224 g/mol. The molecule has 1 aromatic carbocycles. The first-order valence-electron chi connectivity index (χ1n) is 4.33.